The molecule has 0 unspecified atom stereocenters. The Hall–Kier alpha value is -1.84. The van der Waals surface area contributed by atoms with E-state index in [1.807, 2.05) is 13.8 Å². The molecule has 1 atom stereocenters. The molecule has 0 bridgehead atoms. The van der Waals surface area contributed by atoms with E-state index >= 15 is 0 Å². The van der Waals surface area contributed by atoms with Crippen LogP contribution in [-0.4, -0.2) is 50.3 Å². The number of halogens is 1. The summed E-state index contributed by atoms with van der Waals surface area (Å²) in [4.78, 5) is 23.6. The molecular formula is C18H24ClN3O5S. The van der Waals surface area contributed by atoms with Crippen LogP contribution in [0.4, 0.5) is 5.69 Å². The summed E-state index contributed by atoms with van der Waals surface area (Å²) < 4.78 is 32.8. The third-order valence-corrected chi connectivity index (χ3v) is 7.47. The van der Waals surface area contributed by atoms with Gasteiger partial charge in [0.25, 0.3) is 5.91 Å². The molecule has 8 nitrogen and oxygen atoms in total. The molecule has 1 aromatic carbocycles. The van der Waals surface area contributed by atoms with Crippen LogP contribution in [0.3, 0.4) is 0 Å². The van der Waals surface area contributed by atoms with Crippen molar-refractivity contribution >= 4 is 39.1 Å². The van der Waals surface area contributed by atoms with E-state index < -0.39 is 10.0 Å². The number of piperidine rings is 1. The van der Waals surface area contributed by atoms with Crippen molar-refractivity contribution < 1.29 is 22.7 Å². The van der Waals surface area contributed by atoms with Crippen molar-refractivity contribution in [3.8, 4) is 5.75 Å². The van der Waals surface area contributed by atoms with Crippen molar-refractivity contribution in [1.82, 2.24) is 9.62 Å². The molecule has 2 heterocycles. The number of anilines is 1. The molecular weight excluding hydrogens is 406 g/mol. The quantitative estimate of drug-likeness (QED) is 0.744. The Morgan fingerprint density at radius 3 is 2.71 bits per heavy atom. The number of carbonyl (C=O) groups is 2. The molecule has 10 heteroatoms. The molecule has 0 spiro atoms. The molecule has 3 rings (SSSR count). The number of nitrogens with one attached hydrogen (secondary N) is 2. The Morgan fingerprint density at radius 1 is 1.39 bits per heavy atom. The number of nitrogens with zero attached hydrogens (tertiary/aromatic N) is 1. The van der Waals surface area contributed by atoms with Crippen LogP contribution in [0, 0.1) is 5.92 Å². The number of hydrogen-bond acceptors (Lipinski definition) is 5. The van der Waals surface area contributed by atoms with Crippen LogP contribution in [-0.2, 0) is 19.6 Å². The van der Waals surface area contributed by atoms with Crippen molar-refractivity contribution in [3.63, 3.8) is 0 Å². The number of rotatable bonds is 5. The highest BCUT2D eigenvalue weighted by Gasteiger charge is 2.34. The summed E-state index contributed by atoms with van der Waals surface area (Å²) in [6.07, 6.45) is 1.76. The van der Waals surface area contributed by atoms with Crippen LogP contribution < -0.4 is 15.4 Å². The number of carbonyl (C=O) groups excluding carboxylic acids is 2. The van der Waals surface area contributed by atoms with Gasteiger partial charge < -0.3 is 15.4 Å². The number of fused-ring (bicyclic) bond motifs is 1. The Morgan fingerprint density at radius 2 is 2.07 bits per heavy atom. The van der Waals surface area contributed by atoms with Gasteiger partial charge in [0.1, 0.15) is 10.6 Å². The molecule has 1 saturated heterocycles. The SMILES string of the molecule is CC[C@@H](C)NC(=O)C1CCN(S(=O)(=O)c2cc3c(cc2Cl)NC(=O)CO3)CC1. The van der Waals surface area contributed by atoms with Crippen LogP contribution in [0.5, 0.6) is 5.75 Å². The summed E-state index contributed by atoms with van der Waals surface area (Å²) in [5.74, 6) is -0.275. The minimum absolute atomic E-state index is 0.0150. The van der Waals surface area contributed by atoms with Gasteiger partial charge in [-0.1, -0.05) is 18.5 Å². The van der Waals surface area contributed by atoms with E-state index in [0.717, 1.165) is 6.42 Å². The average molecular weight is 430 g/mol. The Kier molecular flexibility index (Phi) is 6.16. The summed E-state index contributed by atoms with van der Waals surface area (Å²) in [7, 11) is -3.84. The van der Waals surface area contributed by atoms with E-state index in [4.69, 9.17) is 16.3 Å². The zero-order chi connectivity index (χ0) is 20.5. The number of sulfonamides is 1. The molecule has 2 aliphatic rings. The van der Waals surface area contributed by atoms with E-state index in [9.17, 15) is 18.0 Å². The maximum atomic E-state index is 13.1. The lowest BCUT2D eigenvalue weighted by atomic mass is 9.97. The van der Waals surface area contributed by atoms with Gasteiger partial charge in [0.05, 0.1) is 10.7 Å². The minimum atomic E-state index is -3.84. The fourth-order valence-electron chi connectivity index (χ4n) is 3.24. The molecule has 1 aromatic rings. The zero-order valence-electron chi connectivity index (χ0n) is 15.8. The van der Waals surface area contributed by atoms with Gasteiger partial charge in [-0.05, 0) is 32.3 Å². The molecule has 0 aromatic heterocycles. The predicted octanol–water partition coefficient (Wildman–Crippen LogP) is 1.99. The summed E-state index contributed by atoms with van der Waals surface area (Å²) in [6.45, 7) is 4.25. The van der Waals surface area contributed by atoms with Gasteiger partial charge in [0.15, 0.2) is 6.61 Å². The van der Waals surface area contributed by atoms with E-state index in [2.05, 4.69) is 10.6 Å². The first-order chi connectivity index (χ1) is 13.2. The molecule has 0 aliphatic carbocycles. The van der Waals surface area contributed by atoms with E-state index in [1.54, 1.807) is 0 Å². The molecule has 2 N–H and O–H groups in total. The molecule has 28 heavy (non-hydrogen) atoms. The summed E-state index contributed by atoms with van der Waals surface area (Å²) in [5, 5.41) is 5.56. The van der Waals surface area contributed by atoms with Crippen LogP contribution in [0.15, 0.2) is 17.0 Å². The molecule has 1 fully saturated rings. The molecule has 0 radical (unpaired) electrons. The van der Waals surface area contributed by atoms with Crippen LogP contribution >= 0.6 is 11.6 Å². The monoisotopic (exact) mass is 429 g/mol. The van der Waals surface area contributed by atoms with Crippen molar-refractivity contribution in [2.75, 3.05) is 25.0 Å². The predicted molar refractivity (Wildman–Crippen MR) is 105 cm³/mol. The van der Waals surface area contributed by atoms with Crippen molar-refractivity contribution in [3.05, 3.63) is 17.2 Å². The van der Waals surface area contributed by atoms with Gasteiger partial charge in [-0.15, -0.1) is 0 Å². The van der Waals surface area contributed by atoms with Crippen LogP contribution in [0.2, 0.25) is 5.02 Å². The van der Waals surface area contributed by atoms with Gasteiger partial charge in [-0.2, -0.15) is 4.31 Å². The van der Waals surface area contributed by atoms with Crippen molar-refractivity contribution in [2.24, 2.45) is 5.92 Å². The lowest BCUT2D eigenvalue weighted by molar-refractivity contribution is -0.126. The largest absolute Gasteiger partial charge is 0.482 e. The van der Waals surface area contributed by atoms with Gasteiger partial charge in [-0.25, -0.2) is 8.42 Å². The third kappa shape index (κ3) is 4.26. The second-order valence-electron chi connectivity index (χ2n) is 7.11. The van der Waals surface area contributed by atoms with E-state index in [0.29, 0.717) is 18.5 Å². The van der Waals surface area contributed by atoms with E-state index in [-0.39, 0.29) is 59.1 Å². The summed E-state index contributed by atoms with van der Waals surface area (Å²) in [5.41, 5.74) is 0.348. The van der Waals surface area contributed by atoms with Crippen molar-refractivity contribution in [1.29, 1.82) is 0 Å². The van der Waals surface area contributed by atoms with Crippen molar-refractivity contribution in [2.45, 2.75) is 44.0 Å². The van der Waals surface area contributed by atoms with Gasteiger partial charge in [-0.3, -0.25) is 9.59 Å². The molecule has 154 valence electrons. The Labute approximate surface area is 169 Å². The molecule has 0 saturated carbocycles. The Balaban J connectivity index is 1.73. The van der Waals surface area contributed by atoms with Gasteiger partial charge in [0.2, 0.25) is 15.9 Å². The van der Waals surface area contributed by atoms with Gasteiger partial charge in [0, 0.05) is 31.1 Å². The fourth-order valence-corrected chi connectivity index (χ4v) is 5.23. The highest BCUT2D eigenvalue weighted by atomic mass is 35.5. The number of ether oxygens (including phenoxy) is 1. The first-order valence-corrected chi connectivity index (χ1v) is 11.1. The maximum absolute atomic E-state index is 13.1. The number of hydrogen-bond donors (Lipinski definition) is 2. The second kappa shape index (κ2) is 8.26. The average Bonchev–Trinajstić information content (AvgIpc) is 2.67. The smallest absolute Gasteiger partial charge is 0.262 e. The third-order valence-electron chi connectivity index (χ3n) is 5.11. The number of benzene rings is 1. The molecule has 2 amide bonds. The zero-order valence-corrected chi connectivity index (χ0v) is 17.4. The summed E-state index contributed by atoms with van der Waals surface area (Å²) >= 11 is 6.19. The first-order valence-electron chi connectivity index (χ1n) is 9.29. The highest BCUT2D eigenvalue weighted by molar-refractivity contribution is 7.89. The van der Waals surface area contributed by atoms with Crippen LogP contribution in [0.1, 0.15) is 33.1 Å². The minimum Gasteiger partial charge on any atom is -0.482 e. The first kappa shape index (κ1) is 20.9. The lowest BCUT2D eigenvalue weighted by Crippen LogP contribution is -2.44. The van der Waals surface area contributed by atoms with Crippen LogP contribution in [0.25, 0.3) is 0 Å². The highest BCUT2D eigenvalue weighted by Crippen LogP contribution is 2.37. The fraction of sp³-hybridized carbons (Fsp3) is 0.556. The maximum Gasteiger partial charge on any atom is 0.262 e. The second-order valence-corrected chi connectivity index (χ2v) is 9.43. The normalized spacial score (nSPS) is 19.3. The summed E-state index contributed by atoms with van der Waals surface area (Å²) in [6, 6.07) is 2.82. The Bertz CT molecular complexity index is 881. The van der Waals surface area contributed by atoms with E-state index in [1.165, 1.54) is 16.4 Å². The molecule has 2 aliphatic heterocycles. The van der Waals surface area contributed by atoms with Gasteiger partial charge >= 0.3 is 0 Å². The lowest BCUT2D eigenvalue weighted by Gasteiger charge is -2.31. The standard InChI is InChI=1S/C18H24ClN3O5S/c1-3-11(2)20-18(24)12-4-6-22(7-5-12)28(25,26)16-9-15-14(8-13(16)19)21-17(23)10-27-15/h8-9,11-12H,3-7,10H2,1-2H3,(H,20,24)(H,21,23)/t11-/m1/s1. The topological polar surface area (TPSA) is 105 Å². The number of amides is 2.